The van der Waals surface area contributed by atoms with Crippen molar-refractivity contribution in [2.45, 2.75) is 38.8 Å². The molecule has 0 rings (SSSR count). The van der Waals surface area contributed by atoms with Crippen LogP contribution in [0.25, 0.3) is 0 Å². The number of hydrogen-bond donors (Lipinski definition) is 2. The molecule has 0 aromatic carbocycles. The first-order valence-corrected chi connectivity index (χ1v) is 4.10. The van der Waals surface area contributed by atoms with E-state index in [9.17, 15) is 0 Å². The maximum absolute atomic E-state index is 3.29. The molecule has 0 spiro atoms. The Bertz CT molecular complexity index is 73.7. The van der Waals surface area contributed by atoms with Crippen LogP contribution in [0.5, 0.6) is 0 Å². The van der Waals surface area contributed by atoms with Crippen molar-refractivity contribution >= 4 is 0 Å². The van der Waals surface area contributed by atoms with E-state index < -0.39 is 0 Å². The molecular weight excluding hydrogens is 124 g/mol. The Morgan fingerprint density at radius 2 is 1.80 bits per heavy atom. The molecule has 0 aliphatic carbocycles. The fraction of sp³-hybridized carbons (Fsp3) is 1.00. The van der Waals surface area contributed by atoms with Gasteiger partial charge in [0.25, 0.3) is 0 Å². The average Bonchev–Trinajstić information content (AvgIpc) is 1.99. The second-order valence-corrected chi connectivity index (χ2v) is 2.76. The van der Waals surface area contributed by atoms with Crippen LogP contribution in [-0.2, 0) is 0 Å². The lowest BCUT2D eigenvalue weighted by molar-refractivity contribution is 0.406. The van der Waals surface area contributed by atoms with Crippen molar-refractivity contribution in [3.8, 4) is 0 Å². The molecule has 2 atom stereocenters. The fourth-order valence-electron chi connectivity index (χ4n) is 1.16. The zero-order valence-electron chi connectivity index (χ0n) is 7.57. The molecule has 10 heavy (non-hydrogen) atoms. The number of hydrogen-bond acceptors (Lipinski definition) is 2. The highest BCUT2D eigenvalue weighted by molar-refractivity contribution is 4.74. The number of nitrogens with one attached hydrogen (secondary N) is 2. The number of likely N-dealkylation sites (N-methyl/N-ethyl adjacent to an activating group) is 2. The van der Waals surface area contributed by atoms with E-state index in [-0.39, 0.29) is 0 Å². The molecule has 2 N–H and O–H groups in total. The molecule has 0 fully saturated rings. The van der Waals surface area contributed by atoms with Crippen molar-refractivity contribution in [1.82, 2.24) is 10.6 Å². The van der Waals surface area contributed by atoms with Crippen molar-refractivity contribution in [3.05, 3.63) is 0 Å². The minimum Gasteiger partial charge on any atom is -0.316 e. The van der Waals surface area contributed by atoms with Gasteiger partial charge in [0.1, 0.15) is 0 Å². The standard InChI is InChI=1S/C8H20N2/c1-5-6-8(10-4)7(2)9-3/h7-10H,5-6H2,1-4H3. The third-order valence-electron chi connectivity index (χ3n) is 2.03. The second-order valence-electron chi connectivity index (χ2n) is 2.76. The van der Waals surface area contributed by atoms with Crippen LogP contribution in [0.15, 0.2) is 0 Å². The predicted octanol–water partition coefficient (Wildman–Crippen LogP) is 0.982. The summed E-state index contributed by atoms with van der Waals surface area (Å²) < 4.78 is 0. The Morgan fingerprint density at radius 3 is 2.10 bits per heavy atom. The summed E-state index contributed by atoms with van der Waals surface area (Å²) in [5.74, 6) is 0. The first kappa shape index (κ1) is 9.92. The monoisotopic (exact) mass is 144 g/mol. The minimum absolute atomic E-state index is 0.574. The van der Waals surface area contributed by atoms with E-state index in [4.69, 9.17) is 0 Å². The van der Waals surface area contributed by atoms with Crippen LogP contribution in [0.3, 0.4) is 0 Å². The van der Waals surface area contributed by atoms with E-state index in [1.165, 1.54) is 12.8 Å². The zero-order chi connectivity index (χ0) is 7.98. The van der Waals surface area contributed by atoms with Crippen LogP contribution >= 0.6 is 0 Å². The van der Waals surface area contributed by atoms with Crippen molar-refractivity contribution in [2.24, 2.45) is 0 Å². The van der Waals surface area contributed by atoms with E-state index in [0.29, 0.717) is 12.1 Å². The molecule has 0 amide bonds. The summed E-state index contributed by atoms with van der Waals surface area (Å²) in [4.78, 5) is 0. The average molecular weight is 144 g/mol. The molecule has 0 saturated heterocycles. The van der Waals surface area contributed by atoms with Gasteiger partial charge in [0.2, 0.25) is 0 Å². The van der Waals surface area contributed by atoms with Gasteiger partial charge in [-0.25, -0.2) is 0 Å². The van der Waals surface area contributed by atoms with Gasteiger partial charge in [-0.05, 0) is 27.4 Å². The summed E-state index contributed by atoms with van der Waals surface area (Å²) in [6.07, 6.45) is 2.50. The highest BCUT2D eigenvalue weighted by atomic mass is 15.0. The highest BCUT2D eigenvalue weighted by Gasteiger charge is 2.10. The Labute approximate surface area is 64.4 Å². The lowest BCUT2D eigenvalue weighted by Crippen LogP contribution is -2.43. The van der Waals surface area contributed by atoms with Crippen LogP contribution < -0.4 is 10.6 Å². The first-order chi connectivity index (χ1) is 4.76. The fourth-order valence-corrected chi connectivity index (χ4v) is 1.16. The van der Waals surface area contributed by atoms with Crippen molar-refractivity contribution in [3.63, 3.8) is 0 Å². The molecular formula is C8H20N2. The van der Waals surface area contributed by atoms with Crippen LogP contribution in [-0.4, -0.2) is 26.2 Å². The maximum atomic E-state index is 3.29. The third kappa shape index (κ3) is 3.18. The maximum Gasteiger partial charge on any atom is 0.0215 e. The van der Waals surface area contributed by atoms with Crippen LogP contribution in [0.1, 0.15) is 26.7 Å². The Hall–Kier alpha value is -0.0800. The Balaban J connectivity index is 3.56. The second kappa shape index (κ2) is 5.69. The van der Waals surface area contributed by atoms with Gasteiger partial charge in [0.15, 0.2) is 0 Å². The first-order valence-electron chi connectivity index (χ1n) is 4.10. The molecule has 0 aliphatic rings. The van der Waals surface area contributed by atoms with Crippen molar-refractivity contribution in [2.75, 3.05) is 14.1 Å². The van der Waals surface area contributed by atoms with Gasteiger partial charge in [0.05, 0.1) is 0 Å². The third-order valence-corrected chi connectivity index (χ3v) is 2.03. The minimum atomic E-state index is 0.574. The number of rotatable bonds is 5. The molecule has 0 aliphatic heterocycles. The smallest absolute Gasteiger partial charge is 0.0215 e. The Kier molecular flexibility index (Phi) is 5.64. The summed E-state index contributed by atoms with van der Waals surface area (Å²) >= 11 is 0. The Morgan fingerprint density at radius 1 is 1.20 bits per heavy atom. The van der Waals surface area contributed by atoms with Crippen LogP contribution in [0, 0.1) is 0 Å². The van der Waals surface area contributed by atoms with Gasteiger partial charge in [-0.3, -0.25) is 0 Å². The van der Waals surface area contributed by atoms with Gasteiger partial charge in [-0.15, -0.1) is 0 Å². The van der Waals surface area contributed by atoms with E-state index in [0.717, 1.165) is 0 Å². The zero-order valence-corrected chi connectivity index (χ0v) is 7.57. The summed E-state index contributed by atoms with van der Waals surface area (Å²) in [5, 5.41) is 6.53. The van der Waals surface area contributed by atoms with Gasteiger partial charge >= 0.3 is 0 Å². The summed E-state index contributed by atoms with van der Waals surface area (Å²) in [7, 11) is 4.03. The van der Waals surface area contributed by atoms with E-state index in [1.807, 2.05) is 14.1 Å². The van der Waals surface area contributed by atoms with Crippen LogP contribution in [0.2, 0.25) is 0 Å². The SMILES string of the molecule is CCCC(NC)C(C)NC. The van der Waals surface area contributed by atoms with Crippen molar-refractivity contribution < 1.29 is 0 Å². The summed E-state index contributed by atoms with van der Waals surface area (Å²) in [6, 6.07) is 1.19. The molecule has 0 bridgehead atoms. The molecule has 0 saturated carbocycles. The predicted molar refractivity (Wildman–Crippen MR) is 46.3 cm³/mol. The molecule has 0 aromatic rings. The van der Waals surface area contributed by atoms with Gasteiger partial charge in [0, 0.05) is 12.1 Å². The molecule has 0 radical (unpaired) electrons. The van der Waals surface area contributed by atoms with E-state index >= 15 is 0 Å². The summed E-state index contributed by atoms with van der Waals surface area (Å²) in [6.45, 7) is 4.42. The largest absolute Gasteiger partial charge is 0.316 e. The van der Waals surface area contributed by atoms with Crippen LogP contribution in [0.4, 0.5) is 0 Å². The van der Waals surface area contributed by atoms with E-state index in [1.54, 1.807) is 0 Å². The molecule has 62 valence electrons. The van der Waals surface area contributed by atoms with E-state index in [2.05, 4.69) is 24.5 Å². The van der Waals surface area contributed by atoms with Crippen molar-refractivity contribution in [1.29, 1.82) is 0 Å². The molecule has 2 heteroatoms. The quantitative estimate of drug-likeness (QED) is 0.601. The molecule has 0 heterocycles. The summed E-state index contributed by atoms with van der Waals surface area (Å²) in [5.41, 5.74) is 0. The lowest BCUT2D eigenvalue weighted by Gasteiger charge is -2.22. The molecule has 0 aromatic heterocycles. The van der Waals surface area contributed by atoms with Gasteiger partial charge < -0.3 is 10.6 Å². The highest BCUT2D eigenvalue weighted by Crippen LogP contribution is 2.00. The molecule has 2 unspecified atom stereocenters. The molecule has 2 nitrogen and oxygen atoms in total. The topological polar surface area (TPSA) is 24.1 Å². The normalized spacial score (nSPS) is 16.8. The van der Waals surface area contributed by atoms with Gasteiger partial charge in [-0.1, -0.05) is 13.3 Å². The lowest BCUT2D eigenvalue weighted by atomic mass is 10.1. The van der Waals surface area contributed by atoms with Gasteiger partial charge in [-0.2, -0.15) is 0 Å².